The minimum Gasteiger partial charge on any atom is -0.443 e. The number of amides is 1. The van der Waals surface area contributed by atoms with Crippen LogP contribution in [0.25, 0.3) is 9.53 Å². The van der Waals surface area contributed by atoms with Crippen LogP contribution >= 0.6 is 22.7 Å². The van der Waals surface area contributed by atoms with Crippen molar-refractivity contribution < 1.29 is 14.3 Å². The van der Waals surface area contributed by atoms with Crippen molar-refractivity contribution in [2.45, 2.75) is 25.4 Å². The van der Waals surface area contributed by atoms with Crippen LogP contribution in [0, 0.1) is 0 Å². The van der Waals surface area contributed by atoms with E-state index in [9.17, 15) is 9.59 Å². The summed E-state index contributed by atoms with van der Waals surface area (Å²) in [5.41, 5.74) is 0.697. The number of carbonyl (C=O) groups is 2. The van der Waals surface area contributed by atoms with Gasteiger partial charge in [0.1, 0.15) is 9.71 Å². The third-order valence-corrected chi connectivity index (χ3v) is 7.19. The molecule has 1 saturated heterocycles. The average molecular weight is 430 g/mol. The molecule has 3 heterocycles. The lowest BCUT2D eigenvalue weighted by molar-refractivity contribution is -0.142. The number of benzene rings is 1. The Hall–Kier alpha value is -2.45. The van der Waals surface area contributed by atoms with Crippen molar-refractivity contribution >= 4 is 49.2 Å². The van der Waals surface area contributed by atoms with Gasteiger partial charge in [0.05, 0.1) is 4.70 Å². The molecule has 0 saturated carbocycles. The summed E-state index contributed by atoms with van der Waals surface area (Å²) in [5.74, 6) is -0.624. The molecule has 6 nitrogen and oxygen atoms in total. The number of rotatable bonds is 5. The van der Waals surface area contributed by atoms with Crippen LogP contribution < -0.4 is 4.90 Å². The molecule has 1 unspecified atom stereocenters. The summed E-state index contributed by atoms with van der Waals surface area (Å²) in [6.07, 6.45) is 2.19. The molecule has 4 rings (SSSR count). The van der Waals surface area contributed by atoms with Crippen molar-refractivity contribution in [1.82, 2.24) is 9.88 Å². The maximum atomic E-state index is 13.1. The van der Waals surface area contributed by atoms with Crippen molar-refractivity contribution in [2.75, 3.05) is 32.1 Å². The van der Waals surface area contributed by atoms with Crippen LogP contribution in [-0.2, 0) is 9.53 Å². The Morgan fingerprint density at radius 2 is 1.83 bits per heavy atom. The number of carbonyl (C=O) groups excluding carboxylic acids is 2. The number of aromatic nitrogens is 1. The molecular formula is C21H23N3O3S2. The zero-order valence-corrected chi connectivity index (χ0v) is 18.1. The Kier molecular flexibility index (Phi) is 5.82. The van der Waals surface area contributed by atoms with Gasteiger partial charge in [-0.15, -0.1) is 11.3 Å². The van der Waals surface area contributed by atoms with Crippen molar-refractivity contribution in [1.29, 1.82) is 0 Å². The highest BCUT2D eigenvalue weighted by molar-refractivity contribution is 7.29. The molecule has 1 atom stereocenters. The van der Waals surface area contributed by atoms with E-state index in [-0.39, 0.29) is 5.91 Å². The number of fused-ring (bicyclic) bond motifs is 1. The molecule has 0 radical (unpaired) electrons. The van der Waals surface area contributed by atoms with Gasteiger partial charge in [-0.25, -0.2) is 9.78 Å². The molecule has 1 fully saturated rings. The number of anilines is 1. The number of thiophene rings is 1. The highest BCUT2D eigenvalue weighted by atomic mass is 32.1. The molecule has 0 bridgehead atoms. The van der Waals surface area contributed by atoms with Crippen LogP contribution in [0.4, 0.5) is 5.13 Å². The Bertz CT molecular complexity index is 975. The maximum Gasteiger partial charge on any atom is 0.349 e. The van der Waals surface area contributed by atoms with Gasteiger partial charge in [-0.3, -0.25) is 4.79 Å². The van der Waals surface area contributed by atoms with Gasteiger partial charge in [-0.1, -0.05) is 41.7 Å². The molecule has 29 heavy (non-hydrogen) atoms. The van der Waals surface area contributed by atoms with E-state index in [2.05, 4.69) is 4.98 Å². The van der Waals surface area contributed by atoms with Crippen LogP contribution in [0.1, 0.15) is 40.6 Å². The van der Waals surface area contributed by atoms with E-state index in [1.165, 1.54) is 22.7 Å². The maximum absolute atomic E-state index is 13.1. The molecule has 0 N–H and O–H groups in total. The highest BCUT2D eigenvalue weighted by Gasteiger charge is 2.31. The molecule has 1 aromatic carbocycles. The first-order valence-electron chi connectivity index (χ1n) is 9.65. The van der Waals surface area contributed by atoms with E-state index in [1.807, 2.05) is 54.2 Å². The summed E-state index contributed by atoms with van der Waals surface area (Å²) in [5, 5.41) is 0.897. The van der Waals surface area contributed by atoms with Crippen LogP contribution in [0.15, 0.2) is 36.4 Å². The molecule has 3 aromatic rings. The van der Waals surface area contributed by atoms with Crippen molar-refractivity contribution in [2.24, 2.45) is 0 Å². The normalized spacial score (nSPS) is 15.3. The van der Waals surface area contributed by atoms with Gasteiger partial charge in [0.2, 0.25) is 6.10 Å². The fourth-order valence-corrected chi connectivity index (χ4v) is 5.37. The van der Waals surface area contributed by atoms with Crippen LogP contribution in [0.5, 0.6) is 0 Å². The molecule has 1 aliphatic heterocycles. The monoisotopic (exact) mass is 429 g/mol. The molecule has 8 heteroatoms. The van der Waals surface area contributed by atoms with Gasteiger partial charge >= 0.3 is 5.97 Å². The largest absolute Gasteiger partial charge is 0.443 e. The number of likely N-dealkylation sites (tertiary alicyclic amines) is 1. The summed E-state index contributed by atoms with van der Waals surface area (Å²) in [7, 11) is 3.88. The highest BCUT2D eigenvalue weighted by Crippen LogP contribution is 2.35. The summed E-state index contributed by atoms with van der Waals surface area (Å²) >= 11 is 2.83. The fourth-order valence-electron chi connectivity index (χ4n) is 3.35. The molecule has 0 aliphatic carbocycles. The van der Waals surface area contributed by atoms with E-state index >= 15 is 0 Å². The van der Waals surface area contributed by atoms with Crippen LogP contribution in [0.2, 0.25) is 0 Å². The number of thiazole rings is 1. The summed E-state index contributed by atoms with van der Waals surface area (Å²) in [6, 6.07) is 11.1. The smallest absolute Gasteiger partial charge is 0.349 e. The fraction of sp³-hybridized carbons (Fsp3) is 0.381. The second-order valence-electron chi connectivity index (χ2n) is 7.25. The number of hydrogen-bond donors (Lipinski definition) is 0. The lowest BCUT2D eigenvalue weighted by Crippen LogP contribution is -2.40. The minimum atomic E-state index is -0.924. The van der Waals surface area contributed by atoms with Gasteiger partial charge in [0.25, 0.3) is 5.91 Å². The number of esters is 1. The van der Waals surface area contributed by atoms with Crippen LogP contribution in [-0.4, -0.2) is 48.9 Å². The summed E-state index contributed by atoms with van der Waals surface area (Å²) in [6.45, 7) is 1.43. The lowest BCUT2D eigenvalue weighted by atomic mass is 10.1. The lowest BCUT2D eigenvalue weighted by Gasteiger charge is -2.30. The molecule has 152 valence electrons. The quantitative estimate of drug-likeness (QED) is 0.565. The van der Waals surface area contributed by atoms with E-state index in [1.54, 1.807) is 6.07 Å². The SMILES string of the molecule is CN(C)c1nc2sc(C(=O)OC(C(=O)N3CCCCC3)c3ccccc3)cc2s1. The molecular weight excluding hydrogens is 406 g/mol. The second kappa shape index (κ2) is 8.51. The third-order valence-electron chi connectivity index (χ3n) is 4.88. The van der Waals surface area contributed by atoms with E-state index in [4.69, 9.17) is 4.74 Å². The first-order chi connectivity index (χ1) is 14.0. The Morgan fingerprint density at radius 1 is 1.10 bits per heavy atom. The average Bonchev–Trinajstić information content (AvgIpc) is 3.32. The van der Waals surface area contributed by atoms with Gasteiger partial charge in [0, 0.05) is 32.7 Å². The Balaban J connectivity index is 1.57. The van der Waals surface area contributed by atoms with Gasteiger partial charge < -0.3 is 14.5 Å². The predicted octanol–water partition coefficient (Wildman–Crippen LogP) is 4.33. The van der Waals surface area contributed by atoms with Gasteiger partial charge in [-0.05, 0) is 25.3 Å². The number of hydrogen-bond acceptors (Lipinski definition) is 7. The molecule has 1 aliphatic rings. The zero-order chi connectivity index (χ0) is 20.4. The topological polar surface area (TPSA) is 62.7 Å². The van der Waals surface area contributed by atoms with E-state index < -0.39 is 12.1 Å². The third kappa shape index (κ3) is 4.28. The Morgan fingerprint density at radius 3 is 2.48 bits per heavy atom. The molecule has 1 amide bonds. The van der Waals surface area contributed by atoms with Gasteiger partial charge in [0.15, 0.2) is 5.13 Å². The number of nitrogens with zero attached hydrogens (tertiary/aromatic N) is 3. The number of piperidine rings is 1. The van der Waals surface area contributed by atoms with E-state index in [0.29, 0.717) is 23.5 Å². The Labute approximate surface area is 177 Å². The first kappa shape index (κ1) is 19.8. The standard InChI is InChI=1S/C21H23N3O3S2/c1-23(2)21-22-18-15(29-21)13-16(28-18)20(26)27-17(14-9-5-3-6-10-14)19(25)24-11-7-4-8-12-24/h3,5-6,9-10,13,17H,4,7-8,11-12H2,1-2H3. The number of ether oxygens (including phenoxy) is 1. The molecule has 0 spiro atoms. The summed E-state index contributed by atoms with van der Waals surface area (Å²) < 4.78 is 6.71. The van der Waals surface area contributed by atoms with Crippen LogP contribution in [0.3, 0.4) is 0 Å². The second-order valence-corrected chi connectivity index (χ2v) is 9.29. The van der Waals surface area contributed by atoms with Crippen molar-refractivity contribution in [3.8, 4) is 0 Å². The molecule has 2 aromatic heterocycles. The van der Waals surface area contributed by atoms with Crippen molar-refractivity contribution in [3.63, 3.8) is 0 Å². The summed E-state index contributed by atoms with van der Waals surface area (Å²) in [4.78, 5) is 35.6. The van der Waals surface area contributed by atoms with E-state index in [0.717, 1.165) is 33.9 Å². The first-order valence-corrected chi connectivity index (χ1v) is 11.3. The van der Waals surface area contributed by atoms with Crippen molar-refractivity contribution in [3.05, 3.63) is 46.8 Å². The predicted molar refractivity (Wildman–Crippen MR) is 117 cm³/mol. The minimum absolute atomic E-state index is 0.143. The zero-order valence-electron chi connectivity index (χ0n) is 16.5. The van der Waals surface area contributed by atoms with Gasteiger partial charge in [-0.2, -0.15) is 0 Å².